The molecule has 1 amide bonds. The number of rotatable bonds is 42. The second-order valence-corrected chi connectivity index (χ2v) is 15.7. The highest BCUT2D eigenvalue weighted by Gasteiger charge is 2.19. The van der Waals surface area contributed by atoms with Crippen LogP contribution in [0.4, 0.5) is 0 Å². The molecule has 0 aliphatic carbocycles. The third-order valence-electron chi connectivity index (χ3n) is 10.4. The first-order valence-electron chi connectivity index (χ1n) is 23.4. The summed E-state index contributed by atoms with van der Waals surface area (Å²) in [5.74, 6) is -0.153. The van der Waals surface area contributed by atoms with Gasteiger partial charge in [-0.25, -0.2) is 0 Å². The van der Waals surface area contributed by atoms with Gasteiger partial charge < -0.3 is 20.3 Å². The first-order valence-corrected chi connectivity index (χ1v) is 23.4. The zero-order chi connectivity index (χ0) is 40.1. The fourth-order valence-electron chi connectivity index (χ4n) is 6.70. The highest BCUT2D eigenvalue weighted by Crippen LogP contribution is 2.14. The number of hydrogen-bond donors (Lipinski definition) is 3. The molecule has 2 atom stereocenters. The SMILES string of the molecule is CCCC/C=C\C/C=C\CCCCCCCC(=O)OCCCCCCCC/C=C\C/C=C\CCC(=O)NC(CO)C(O)CCCCCCCCCCCCC. The van der Waals surface area contributed by atoms with E-state index in [2.05, 4.69) is 61.7 Å². The van der Waals surface area contributed by atoms with Crippen LogP contribution in [0.1, 0.15) is 226 Å². The number of carbonyl (C=O) groups excluding carboxylic acids is 2. The third kappa shape index (κ3) is 41.3. The molecule has 3 N–H and O–H groups in total. The Labute approximate surface area is 340 Å². The van der Waals surface area contributed by atoms with Crippen molar-refractivity contribution in [2.45, 2.75) is 238 Å². The molecule has 55 heavy (non-hydrogen) atoms. The zero-order valence-corrected chi connectivity index (χ0v) is 36.1. The van der Waals surface area contributed by atoms with Crippen LogP contribution >= 0.6 is 0 Å². The molecule has 0 fully saturated rings. The summed E-state index contributed by atoms with van der Waals surface area (Å²) in [6.45, 7) is 4.81. The molecule has 0 aliphatic rings. The number of amides is 1. The Morgan fingerprint density at radius 3 is 1.47 bits per heavy atom. The smallest absolute Gasteiger partial charge is 0.305 e. The summed E-state index contributed by atoms with van der Waals surface area (Å²) in [7, 11) is 0. The van der Waals surface area contributed by atoms with E-state index in [9.17, 15) is 19.8 Å². The molecule has 0 spiro atoms. The lowest BCUT2D eigenvalue weighted by atomic mass is 10.0. The number of esters is 1. The molecule has 0 saturated heterocycles. The van der Waals surface area contributed by atoms with E-state index in [1.54, 1.807) is 0 Å². The summed E-state index contributed by atoms with van der Waals surface area (Å²) >= 11 is 0. The Morgan fingerprint density at radius 1 is 0.509 bits per heavy atom. The normalized spacial score (nSPS) is 13.2. The Morgan fingerprint density at radius 2 is 0.945 bits per heavy atom. The lowest BCUT2D eigenvalue weighted by molar-refractivity contribution is -0.143. The largest absolute Gasteiger partial charge is 0.466 e. The van der Waals surface area contributed by atoms with E-state index in [0.717, 1.165) is 64.2 Å². The molecule has 320 valence electrons. The van der Waals surface area contributed by atoms with E-state index in [4.69, 9.17) is 4.74 Å². The maximum absolute atomic E-state index is 12.3. The quantitative estimate of drug-likeness (QED) is 0.0326. The average Bonchev–Trinajstić information content (AvgIpc) is 3.18. The van der Waals surface area contributed by atoms with Gasteiger partial charge in [0.25, 0.3) is 0 Å². The highest BCUT2D eigenvalue weighted by molar-refractivity contribution is 5.76. The summed E-state index contributed by atoms with van der Waals surface area (Å²) in [5.41, 5.74) is 0. The van der Waals surface area contributed by atoms with Crippen LogP contribution in [0.25, 0.3) is 0 Å². The van der Waals surface area contributed by atoms with E-state index in [1.807, 2.05) is 6.08 Å². The Hall–Kier alpha value is -2.18. The summed E-state index contributed by atoms with van der Waals surface area (Å²) in [4.78, 5) is 24.3. The number of unbranched alkanes of at least 4 members (excludes halogenated alkanes) is 23. The predicted molar refractivity (Wildman–Crippen MR) is 236 cm³/mol. The lowest BCUT2D eigenvalue weighted by Gasteiger charge is -2.22. The summed E-state index contributed by atoms with van der Waals surface area (Å²) < 4.78 is 5.43. The molecule has 0 aromatic carbocycles. The van der Waals surface area contributed by atoms with E-state index in [-0.39, 0.29) is 18.5 Å². The third-order valence-corrected chi connectivity index (χ3v) is 10.4. The van der Waals surface area contributed by atoms with Crippen molar-refractivity contribution in [3.05, 3.63) is 48.6 Å². The van der Waals surface area contributed by atoms with E-state index in [1.165, 1.54) is 122 Å². The van der Waals surface area contributed by atoms with E-state index >= 15 is 0 Å². The van der Waals surface area contributed by atoms with Gasteiger partial charge in [-0.1, -0.05) is 191 Å². The number of allylic oxidation sites excluding steroid dienone is 8. The van der Waals surface area contributed by atoms with Gasteiger partial charge in [-0.15, -0.1) is 0 Å². The van der Waals surface area contributed by atoms with Crippen LogP contribution in [0.2, 0.25) is 0 Å². The summed E-state index contributed by atoms with van der Waals surface area (Å²) in [6, 6.07) is -0.585. The van der Waals surface area contributed by atoms with Gasteiger partial charge in [-0.05, 0) is 70.6 Å². The van der Waals surface area contributed by atoms with Crippen LogP contribution in [-0.4, -0.2) is 47.4 Å². The summed E-state index contributed by atoms with van der Waals surface area (Å²) in [5, 5.41) is 23.0. The highest BCUT2D eigenvalue weighted by atomic mass is 16.5. The van der Waals surface area contributed by atoms with Crippen molar-refractivity contribution in [3.8, 4) is 0 Å². The molecule has 0 aromatic rings. The minimum Gasteiger partial charge on any atom is -0.466 e. The number of aliphatic hydroxyl groups excluding tert-OH is 2. The van der Waals surface area contributed by atoms with Gasteiger partial charge in [-0.3, -0.25) is 9.59 Å². The van der Waals surface area contributed by atoms with Crippen LogP contribution in [-0.2, 0) is 14.3 Å². The number of ether oxygens (including phenoxy) is 1. The molecule has 2 unspecified atom stereocenters. The van der Waals surface area contributed by atoms with Crippen molar-refractivity contribution in [2.24, 2.45) is 0 Å². The Balaban J connectivity index is 3.58. The first-order chi connectivity index (χ1) is 27.0. The second kappa shape index (κ2) is 44.5. The van der Waals surface area contributed by atoms with E-state index in [0.29, 0.717) is 32.3 Å². The zero-order valence-electron chi connectivity index (χ0n) is 36.1. The van der Waals surface area contributed by atoms with Gasteiger partial charge in [0.05, 0.1) is 25.4 Å². The van der Waals surface area contributed by atoms with Crippen LogP contribution < -0.4 is 5.32 Å². The molecule has 0 heterocycles. The van der Waals surface area contributed by atoms with Gasteiger partial charge in [0.2, 0.25) is 5.91 Å². The van der Waals surface area contributed by atoms with Crippen LogP contribution in [0.5, 0.6) is 0 Å². The molecule has 6 heteroatoms. The van der Waals surface area contributed by atoms with Crippen molar-refractivity contribution >= 4 is 11.9 Å². The van der Waals surface area contributed by atoms with Gasteiger partial charge in [0.15, 0.2) is 0 Å². The molecule has 0 aliphatic heterocycles. The molecular formula is C49H89NO5. The Bertz CT molecular complexity index is 942. The molecular weight excluding hydrogens is 683 g/mol. The maximum atomic E-state index is 12.3. The standard InChI is InChI=1S/C49H89NO5/c1-3-5-7-9-11-13-15-16-19-23-27-31-35-39-43-49(54)55-44-40-36-32-28-24-20-17-18-22-26-30-34-38-42-48(53)50-46(45-51)47(52)41-37-33-29-25-21-14-12-10-8-6-4-2/h9,11,15-16,18,22,30,34,46-47,51-52H,3-8,10,12-14,17,19-21,23-29,31-33,35-45H2,1-2H3,(H,50,53)/b11-9-,16-15-,22-18-,34-30-. The Kier molecular flexibility index (Phi) is 42.8. The monoisotopic (exact) mass is 772 g/mol. The first kappa shape index (κ1) is 52.8. The number of nitrogens with one attached hydrogen (secondary N) is 1. The van der Waals surface area contributed by atoms with Crippen molar-refractivity contribution in [2.75, 3.05) is 13.2 Å². The van der Waals surface area contributed by atoms with Gasteiger partial charge in [0, 0.05) is 12.8 Å². The van der Waals surface area contributed by atoms with Crippen molar-refractivity contribution in [1.29, 1.82) is 0 Å². The maximum Gasteiger partial charge on any atom is 0.305 e. The van der Waals surface area contributed by atoms with Crippen LogP contribution in [0, 0.1) is 0 Å². The second-order valence-electron chi connectivity index (χ2n) is 15.7. The molecule has 0 saturated carbocycles. The van der Waals surface area contributed by atoms with Crippen LogP contribution in [0.15, 0.2) is 48.6 Å². The lowest BCUT2D eigenvalue weighted by Crippen LogP contribution is -2.45. The molecule has 0 aromatic heterocycles. The number of aliphatic hydroxyl groups is 2. The molecule has 0 radical (unpaired) electrons. The molecule has 6 nitrogen and oxygen atoms in total. The topological polar surface area (TPSA) is 95.9 Å². The van der Waals surface area contributed by atoms with Gasteiger partial charge in [0.1, 0.15) is 0 Å². The summed E-state index contributed by atoms with van der Waals surface area (Å²) in [6.07, 6.45) is 53.7. The van der Waals surface area contributed by atoms with Crippen molar-refractivity contribution < 1.29 is 24.5 Å². The van der Waals surface area contributed by atoms with Crippen molar-refractivity contribution in [3.63, 3.8) is 0 Å². The molecule has 0 rings (SSSR count). The predicted octanol–water partition coefficient (Wildman–Crippen LogP) is 13.5. The minimum atomic E-state index is -0.698. The van der Waals surface area contributed by atoms with Gasteiger partial charge in [-0.2, -0.15) is 0 Å². The van der Waals surface area contributed by atoms with E-state index < -0.39 is 12.1 Å². The average molecular weight is 772 g/mol. The fraction of sp³-hybridized carbons (Fsp3) is 0.796. The minimum absolute atomic E-state index is 0.0330. The van der Waals surface area contributed by atoms with Crippen molar-refractivity contribution in [1.82, 2.24) is 5.32 Å². The molecule has 0 bridgehead atoms. The number of carbonyl (C=O) groups is 2. The fourth-order valence-corrected chi connectivity index (χ4v) is 6.70. The van der Waals surface area contributed by atoms with Gasteiger partial charge >= 0.3 is 5.97 Å². The number of hydrogen-bond acceptors (Lipinski definition) is 5. The van der Waals surface area contributed by atoms with Crippen LogP contribution in [0.3, 0.4) is 0 Å².